The van der Waals surface area contributed by atoms with Crippen molar-refractivity contribution in [1.29, 1.82) is 0 Å². The average Bonchev–Trinajstić information content (AvgIpc) is 2.32. The lowest BCUT2D eigenvalue weighted by molar-refractivity contribution is 0.228. The third-order valence-corrected chi connectivity index (χ3v) is 5.27. The van der Waals surface area contributed by atoms with Crippen molar-refractivity contribution in [2.45, 2.75) is 44.4 Å². The lowest BCUT2D eigenvalue weighted by atomic mass is 9.98. The maximum Gasteiger partial charge on any atom is 0.382 e. The van der Waals surface area contributed by atoms with Gasteiger partial charge in [0.2, 0.25) is 0 Å². The van der Waals surface area contributed by atoms with Crippen LogP contribution >= 0.6 is 7.60 Å². The number of hydrogen-bond donors (Lipinski definition) is 1. The molecule has 100 valence electrons. The van der Waals surface area contributed by atoms with Gasteiger partial charge in [0.15, 0.2) is 0 Å². The van der Waals surface area contributed by atoms with Gasteiger partial charge in [-0.2, -0.15) is 0 Å². The lowest BCUT2D eigenvalue weighted by Crippen LogP contribution is -2.28. The normalized spacial score (nSPS) is 27.5. The average molecular weight is 272 g/mol. The summed E-state index contributed by atoms with van der Waals surface area (Å²) in [6.07, 6.45) is 1.10. The number of halogens is 1. The van der Waals surface area contributed by atoms with E-state index >= 15 is 0 Å². The summed E-state index contributed by atoms with van der Waals surface area (Å²) in [7, 11) is -3.95. The quantitative estimate of drug-likeness (QED) is 0.850. The number of benzene rings is 1. The van der Waals surface area contributed by atoms with E-state index in [0.717, 1.165) is 18.4 Å². The molecule has 1 aromatic carbocycles. The molecule has 0 aromatic heterocycles. The fourth-order valence-electron chi connectivity index (χ4n) is 2.30. The van der Waals surface area contributed by atoms with Crippen molar-refractivity contribution < 1.29 is 18.4 Å². The van der Waals surface area contributed by atoms with Crippen molar-refractivity contribution in [3.8, 4) is 5.75 Å². The van der Waals surface area contributed by atoms with Gasteiger partial charge in [-0.3, -0.25) is 0 Å². The SMILES string of the molecule is Cc1ccccc1OP(=O)(O)C1CCCCC1F. The Bertz CT molecular complexity index is 463. The van der Waals surface area contributed by atoms with Gasteiger partial charge in [-0.1, -0.05) is 31.0 Å². The molecular weight excluding hydrogens is 254 g/mol. The van der Waals surface area contributed by atoms with Gasteiger partial charge in [-0.25, -0.2) is 8.96 Å². The van der Waals surface area contributed by atoms with Crippen molar-refractivity contribution in [3.05, 3.63) is 29.8 Å². The zero-order chi connectivity index (χ0) is 13.2. The van der Waals surface area contributed by atoms with Crippen LogP contribution in [0.1, 0.15) is 31.2 Å². The Morgan fingerprint density at radius 2 is 2.00 bits per heavy atom. The van der Waals surface area contributed by atoms with Gasteiger partial charge >= 0.3 is 7.60 Å². The number of aryl methyl sites for hydroxylation is 1. The van der Waals surface area contributed by atoms with E-state index in [2.05, 4.69) is 0 Å². The van der Waals surface area contributed by atoms with E-state index in [1.165, 1.54) is 0 Å². The van der Waals surface area contributed by atoms with Crippen LogP contribution < -0.4 is 4.52 Å². The Morgan fingerprint density at radius 1 is 1.33 bits per heavy atom. The standard InChI is InChI=1S/C13H18FO3P/c1-10-6-2-4-8-12(10)17-18(15,16)13-9-5-3-7-11(13)14/h2,4,6,8,11,13H,3,5,7,9H2,1H3,(H,15,16). The van der Waals surface area contributed by atoms with Crippen molar-refractivity contribution in [2.75, 3.05) is 0 Å². The van der Waals surface area contributed by atoms with Crippen molar-refractivity contribution in [1.82, 2.24) is 0 Å². The van der Waals surface area contributed by atoms with E-state index < -0.39 is 19.4 Å². The minimum Gasteiger partial charge on any atom is -0.424 e. The molecular formula is C13H18FO3P. The molecule has 0 aliphatic heterocycles. The highest BCUT2D eigenvalue weighted by atomic mass is 31.2. The minimum absolute atomic E-state index is 0.354. The molecule has 0 saturated heterocycles. The molecule has 2 rings (SSSR count). The molecule has 3 nitrogen and oxygen atoms in total. The number of rotatable bonds is 3. The predicted octanol–water partition coefficient (Wildman–Crippen LogP) is 3.84. The van der Waals surface area contributed by atoms with Gasteiger partial charge in [-0.05, 0) is 31.4 Å². The molecule has 1 aliphatic rings. The third kappa shape index (κ3) is 2.93. The van der Waals surface area contributed by atoms with Gasteiger partial charge in [0.05, 0.1) is 0 Å². The smallest absolute Gasteiger partial charge is 0.382 e. The van der Waals surface area contributed by atoms with Gasteiger partial charge in [0.25, 0.3) is 0 Å². The highest BCUT2D eigenvalue weighted by Crippen LogP contribution is 2.53. The molecule has 0 heterocycles. The molecule has 3 unspecified atom stereocenters. The van der Waals surface area contributed by atoms with E-state index in [-0.39, 0.29) is 0 Å². The highest BCUT2D eigenvalue weighted by Gasteiger charge is 2.41. The molecule has 1 fully saturated rings. The summed E-state index contributed by atoms with van der Waals surface area (Å²) in [6, 6.07) is 6.98. The summed E-state index contributed by atoms with van der Waals surface area (Å²) in [6.45, 7) is 1.79. The van der Waals surface area contributed by atoms with E-state index in [4.69, 9.17) is 4.52 Å². The molecule has 3 atom stereocenters. The molecule has 1 N–H and O–H groups in total. The third-order valence-electron chi connectivity index (χ3n) is 3.39. The zero-order valence-electron chi connectivity index (χ0n) is 10.4. The summed E-state index contributed by atoms with van der Waals surface area (Å²) >= 11 is 0. The van der Waals surface area contributed by atoms with Crippen LogP contribution in [0.4, 0.5) is 4.39 Å². The lowest BCUT2D eigenvalue weighted by Gasteiger charge is -2.29. The first-order valence-electron chi connectivity index (χ1n) is 6.22. The fourth-order valence-corrected chi connectivity index (χ4v) is 3.99. The van der Waals surface area contributed by atoms with Crippen LogP contribution in [-0.4, -0.2) is 16.7 Å². The zero-order valence-corrected chi connectivity index (χ0v) is 11.3. The fraction of sp³-hybridized carbons (Fsp3) is 0.538. The van der Waals surface area contributed by atoms with E-state index in [0.29, 0.717) is 18.6 Å². The van der Waals surface area contributed by atoms with Crippen LogP contribution in [0, 0.1) is 6.92 Å². The van der Waals surface area contributed by atoms with Gasteiger partial charge in [-0.15, -0.1) is 0 Å². The Hall–Kier alpha value is -0.860. The largest absolute Gasteiger partial charge is 0.424 e. The molecule has 0 bridgehead atoms. The van der Waals surface area contributed by atoms with Crippen LogP contribution in [0.25, 0.3) is 0 Å². The van der Waals surface area contributed by atoms with E-state index in [1.54, 1.807) is 25.1 Å². The topological polar surface area (TPSA) is 46.5 Å². The maximum atomic E-state index is 13.7. The molecule has 1 saturated carbocycles. The number of alkyl halides is 1. The summed E-state index contributed by atoms with van der Waals surface area (Å²) in [4.78, 5) is 9.98. The Kier molecular flexibility index (Phi) is 4.08. The summed E-state index contributed by atoms with van der Waals surface area (Å²) < 4.78 is 31.1. The Morgan fingerprint density at radius 3 is 2.67 bits per heavy atom. The molecule has 0 spiro atoms. The van der Waals surface area contributed by atoms with Crippen LogP contribution in [0.15, 0.2) is 24.3 Å². The second-order valence-electron chi connectivity index (χ2n) is 4.79. The van der Waals surface area contributed by atoms with E-state index in [9.17, 15) is 13.8 Å². The molecule has 0 radical (unpaired) electrons. The van der Waals surface area contributed by atoms with Gasteiger partial charge < -0.3 is 9.42 Å². The van der Waals surface area contributed by atoms with Gasteiger partial charge in [0.1, 0.15) is 17.6 Å². The monoisotopic (exact) mass is 272 g/mol. The molecule has 18 heavy (non-hydrogen) atoms. The Labute approximate surface area is 107 Å². The second-order valence-corrected chi connectivity index (χ2v) is 6.76. The molecule has 0 amide bonds. The van der Waals surface area contributed by atoms with Crippen molar-refractivity contribution >= 4 is 7.60 Å². The van der Waals surface area contributed by atoms with E-state index in [1.807, 2.05) is 6.07 Å². The minimum atomic E-state index is -3.95. The first kappa shape index (κ1) is 13.6. The predicted molar refractivity (Wildman–Crippen MR) is 68.8 cm³/mol. The maximum absolute atomic E-state index is 13.7. The second kappa shape index (κ2) is 5.41. The molecule has 1 aliphatic carbocycles. The van der Waals surface area contributed by atoms with Crippen LogP contribution in [-0.2, 0) is 4.57 Å². The first-order chi connectivity index (χ1) is 8.50. The number of hydrogen-bond acceptors (Lipinski definition) is 2. The first-order valence-corrected chi connectivity index (χ1v) is 7.87. The van der Waals surface area contributed by atoms with Crippen LogP contribution in [0.3, 0.4) is 0 Å². The number of para-hydroxylation sites is 1. The summed E-state index contributed by atoms with van der Waals surface area (Å²) in [5.74, 6) is 0.362. The summed E-state index contributed by atoms with van der Waals surface area (Å²) in [5.41, 5.74) is -0.108. The molecule has 5 heteroatoms. The molecule has 1 aromatic rings. The van der Waals surface area contributed by atoms with Crippen molar-refractivity contribution in [3.63, 3.8) is 0 Å². The van der Waals surface area contributed by atoms with Crippen molar-refractivity contribution in [2.24, 2.45) is 0 Å². The highest BCUT2D eigenvalue weighted by molar-refractivity contribution is 7.54. The summed E-state index contributed by atoms with van der Waals surface area (Å²) in [5, 5.41) is 0. The Balaban J connectivity index is 2.16. The van der Waals surface area contributed by atoms with Gasteiger partial charge in [0, 0.05) is 0 Å². The van der Waals surface area contributed by atoms with Crippen LogP contribution in [0.2, 0.25) is 0 Å². The van der Waals surface area contributed by atoms with Crippen LogP contribution in [0.5, 0.6) is 5.75 Å².